The fourth-order valence-electron chi connectivity index (χ4n) is 1.72. The van der Waals surface area contributed by atoms with Gasteiger partial charge in [0.2, 0.25) is 11.8 Å². The molecular formula is C9H14F2N2O3. The van der Waals surface area contributed by atoms with E-state index in [9.17, 15) is 18.4 Å². The molecule has 0 unspecified atom stereocenters. The maximum atomic E-state index is 12.8. The fraction of sp³-hybridized carbons (Fsp3) is 0.778. The van der Waals surface area contributed by atoms with Gasteiger partial charge in [-0.15, -0.1) is 0 Å². The maximum Gasteiger partial charge on any atom is 0.253 e. The van der Waals surface area contributed by atoms with Gasteiger partial charge in [-0.25, -0.2) is 8.78 Å². The van der Waals surface area contributed by atoms with Gasteiger partial charge in [-0.2, -0.15) is 0 Å². The van der Waals surface area contributed by atoms with Crippen LogP contribution in [-0.2, 0) is 9.59 Å². The summed E-state index contributed by atoms with van der Waals surface area (Å²) >= 11 is 0. The van der Waals surface area contributed by atoms with E-state index in [0.717, 1.165) is 0 Å². The number of aliphatic hydroxyl groups is 1. The second kappa shape index (κ2) is 3.97. The molecule has 0 saturated heterocycles. The molecule has 1 aliphatic rings. The molecule has 0 aromatic rings. The molecule has 7 heteroatoms. The second-order valence-corrected chi connectivity index (χ2v) is 4.04. The summed E-state index contributed by atoms with van der Waals surface area (Å²) in [5, 5.41) is 13.3. The zero-order valence-electron chi connectivity index (χ0n) is 9.01. The lowest BCUT2D eigenvalue weighted by Gasteiger charge is -2.46. The van der Waals surface area contributed by atoms with Crippen LogP contribution < -0.4 is 10.6 Å². The number of hydrogen-bond donors (Lipinski definition) is 3. The van der Waals surface area contributed by atoms with Crippen LogP contribution in [-0.4, -0.2) is 41.5 Å². The number of carbonyl (C=O) groups excluding carboxylic acids is 2. The van der Waals surface area contributed by atoms with E-state index in [1.165, 1.54) is 14.0 Å². The summed E-state index contributed by atoms with van der Waals surface area (Å²) in [5.41, 5.74) is -1.59. The SMILES string of the molecule is CNC(=O)C1(NC(=O)[C@@H](C)O)CC(F)(F)C1. The fourth-order valence-corrected chi connectivity index (χ4v) is 1.72. The second-order valence-electron chi connectivity index (χ2n) is 4.04. The number of likely N-dealkylation sites (N-methyl/N-ethyl adjacent to an activating group) is 1. The van der Waals surface area contributed by atoms with Gasteiger partial charge < -0.3 is 15.7 Å². The van der Waals surface area contributed by atoms with E-state index < -0.39 is 42.2 Å². The summed E-state index contributed by atoms with van der Waals surface area (Å²) in [6, 6.07) is 0. The van der Waals surface area contributed by atoms with Crippen molar-refractivity contribution in [2.24, 2.45) is 0 Å². The third-order valence-electron chi connectivity index (χ3n) is 2.52. The summed E-state index contributed by atoms with van der Waals surface area (Å²) in [4.78, 5) is 22.6. The molecule has 1 rings (SSSR count). The highest BCUT2D eigenvalue weighted by molar-refractivity contribution is 5.93. The van der Waals surface area contributed by atoms with Gasteiger partial charge >= 0.3 is 0 Å². The van der Waals surface area contributed by atoms with Crippen LogP contribution >= 0.6 is 0 Å². The van der Waals surface area contributed by atoms with E-state index in [1.54, 1.807) is 0 Å². The minimum atomic E-state index is -2.95. The van der Waals surface area contributed by atoms with Crippen LogP contribution in [0, 0.1) is 0 Å². The van der Waals surface area contributed by atoms with E-state index in [2.05, 4.69) is 10.6 Å². The molecule has 16 heavy (non-hydrogen) atoms. The molecule has 1 atom stereocenters. The number of hydrogen-bond acceptors (Lipinski definition) is 3. The Bertz CT molecular complexity index is 310. The molecule has 5 nitrogen and oxygen atoms in total. The number of carbonyl (C=O) groups is 2. The molecule has 2 amide bonds. The number of aliphatic hydroxyl groups excluding tert-OH is 1. The number of alkyl halides is 2. The Kier molecular flexibility index (Phi) is 3.18. The highest BCUT2D eigenvalue weighted by atomic mass is 19.3. The number of nitrogens with one attached hydrogen (secondary N) is 2. The summed E-state index contributed by atoms with van der Waals surface area (Å²) in [5.74, 6) is -4.45. The molecule has 1 saturated carbocycles. The van der Waals surface area contributed by atoms with Crippen LogP contribution in [0.5, 0.6) is 0 Å². The van der Waals surface area contributed by atoms with E-state index in [0.29, 0.717) is 0 Å². The van der Waals surface area contributed by atoms with Crippen molar-refractivity contribution >= 4 is 11.8 Å². The van der Waals surface area contributed by atoms with Gasteiger partial charge in [-0.3, -0.25) is 9.59 Å². The van der Waals surface area contributed by atoms with Crippen molar-refractivity contribution in [2.45, 2.75) is 37.3 Å². The molecule has 0 spiro atoms. The van der Waals surface area contributed by atoms with E-state index in [1.807, 2.05) is 0 Å². The minimum Gasteiger partial charge on any atom is -0.384 e. The normalized spacial score (nSPS) is 22.8. The van der Waals surface area contributed by atoms with Gasteiger partial charge in [0.25, 0.3) is 5.92 Å². The molecule has 1 aliphatic carbocycles. The smallest absolute Gasteiger partial charge is 0.253 e. The van der Waals surface area contributed by atoms with Crippen LogP contribution in [0.2, 0.25) is 0 Å². The van der Waals surface area contributed by atoms with Crippen molar-refractivity contribution < 1.29 is 23.5 Å². The largest absolute Gasteiger partial charge is 0.384 e. The lowest BCUT2D eigenvalue weighted by molar-refractivity contribution is -0.167. The van der Waals surface area contributed by atoms with Crippen LogP contribution in [0.25, 0.3) is 0 Å². The maximum absolute atomic E-state index is 12.8. The molecule has 0 bridgehead atoms. The standard InChI is InChI=1S/C9H14F2N2O3/c1-5(14)6(15)13-8(7(16)12-2)3-9(10,11)4-8/h5,14H,3-4H2,1-2H3,(H,12,16)(H,13,15)/t5-/m1/s1. The minimum absolute atomic E-state index is 0.674. The van der Waals surface area contributed by atoms with Gasteiger partial charge in [-0.05, 0) is 6.92 Å². The van der Waals surface area contributed by atoms with Crippen molar-refractivity contribution in [2.75, 3.05) is 7.05 Å². The van der Waals surface area contributed by atoms with E-state index in [-0.39, 0.29) is 0 Å². The average Bonchev–Trinajstić information content (AvgIpc) is 2.12. The van der Waals surface area contributed by atoms with E-state index >= 15 is 0 Å². The molecule has 3 N–H and O–H groups in total. The third kappa shape index (κ3) is 2.29. The van der Waals surface area contributed by atoms with Crippen molar-refractivity contribution in [3.63, 3.8) is 0 Å². The Hall–Kier alpha value is -1.24. The van der Waals surface area contributed by atoms with Crippen molar-refractivity contribution in [1.29, 1.82) is 0 Å². The van der Waals surface area contributed by atoms with Gasteiger partial charge in [0.05, 0.1) is 0 Å². The Morgan fingerprint density at radius 3 is 2.19 bits per heavy atom. The first-order chi connectivity index (χ1) is 7.22. The monoisotopic (exact) mass is 236 g/mol. The Labute approximate surface area is 91.2 Å². The first-order valence-electron chi connectivity index (χ1n) is 4.82. The number of amides is 2. The topological polar surface area (TPSA) is 78.4 Å². The molecule has 92 valence electrons. The van der Waals surface area contributed by atoms with Gasteiger partial charge in [0.15, 0.2) is 0 Å². The zero-order valence-corrected chi connectivity index (χ0v) is 9.01. The Balaban J connectivity index is 2.76. The number of rotatable bonds is 3. The first kappa shape index (κ1) is 12.8. The van der Waals surface area contributed by atoms with Crippen molar-refractivity contribution in [3.05, 3.63) is 0 Å². The molecule has 0 aromatic carbocycles. The highest BCUT2D eigenvalue weighted by Crippen LogP contribution is 2.45. The molecule has 1 fully saturated rings. The van der Waals surface area contributed by atoms with Crippen LogP contribution in [0.15, 0.2) is 0 Å². The molecule has 0 aromatic heterocycles. The Morgan fingerprint density at radius 1 is 1.38 bits per heavy atom. The summed E-state index contributed by atoms with van der Waals surface area (Å²) < 4.78 is 25.6. The van der Waals surface area contributed by atoms with Crippen LogP contribution in [0.3, 0.4) is 0 Å². The summed E-state index contributed by atoms with van der Waals surface area (Å²) in [6.45, 7) is 1.20. The van der Waals surface area contributed by atoms with Crippen molar-refractivity contribution in [1.82, 2.24) is 10.6 Å². The molecular weight excluding hydrogens is 222 g/mol. The predicted octanol–water partition coefficient (Wildman–Crippen LogP) is -0.603. The zero-order chi connectivity index (χ0) is 12.6. The third-order valence-corrected chi connectivity index (χ3v) is 2.52. The average molecular weight is 236 g/mol. The summed E-state index contributed by atoms with van der Waals surface area (Å²) in [6.07, 6.45) is -2.81. The highest BCUT2D eigenvalue weighted by Gasteiger charge is 2.61. The van der Waals surface area contributed by atoms with Crippen LogP contribution in [0.1, 0.15) is 19.8 Å². The molecule has 0 aliphatic heterocycles. The van der Waals surface area contributed by atoms with Gasteiger partial charge in [-0.1, -0.05) is 0 Å². The lowest BCUT2D eigenvalue weighted by Crippen LogP contribution is -2.69. The quantitative estimate of drug-likeness (QED) is 0.612. The Morgan fingerprint density at radius 2 is 1.88 bits per heavy atom. The predicted molar refractivity (Wildman–Crippen MR) is 50.8 cm³/mol. The van der Waals surface area contributed by atoms with Gasteiger partial charge in [0.1, 0.15) is 11.6 Å². The van der Waals surface area contributed by atoms with Crippen molar-refractivity contribution in [3.8, 4) is 0 Å². The van der Waals surface area contributed by atoms with Crippen LogP contribution in [0.4, 0.5) is 8.78 Å². The van der Waals surface area contributed by atoms with E-state index in [4.69, 9.17) is 5.11 Å². The number of halogens is 2. The molecule has 0 radical (unpaired) electrons. The summed E-state index contributed by atoms with van der Waals surface area (Å²) in [7, 11) is 1.30. The molecule has 0 heterocycles. The first-order valence-corrected chi connectivity index (χ1v) is 4.82. The lowest BCUT2D eigenvalue weighted by atomic mass is 9.72. The van der Waals surface area contributed by atoms with Gasteiger partial charge in [0, 0.05) is 19.9 Å².